The topological polar surface area (TPSA) is 54.2 Å². The predicted octanol–water partition coefficient (Wildman–Crippen LogP) is 6.58. The number of ether oxygens (including phenoxy) is 1. The Bertz CT molecular complexity index is 885. The Kier molecular flexibility index (Phi) is 20.7. The molecule has 0 aliphatic heterocycles. The number of rotatable bonds is 23. The van der Waals surface area contributed by atoms with E-state index in [1.165, 1.54) is 89.0 Å². The highest BCUT2D eigenvalue weighted by Crippen LogP contribution is 2.22. The number of quaternary nitrogens is 1. The number of aliphatic hydroxyl groups is 1. The lowest BCUT2D eigenvalue weighted by Gasteiger charge is -2.28. The normalized spacial score (nSPS) is 11.6. The van der Waals surface area contributed by atoms with Crippen LogP contribution in [0.3, 0.4) is 0 Å². The van der Waals surface area contributed by atoms with Crippen LogP contribution in [0.15, 0.2) is 58.8 Å². The van der Waals surface area contributed by atoms with E-state index in [9.17, 15) is 0 Å². The van der Waals surface area contributed by atoms with E-state index in [2.05, 4.69) is 55.5 Å². The second-order valence-electron chi connectivity index (χ2n) is 11.7. The summed E-state index contributed by atoms with van der Waals surface area (Å²) in [7, 11) is 4.36. The van der Waals surface area contributed by atoms with Crippen molar-refractivity contribution in [1.82, 2.24) is 0 Å². The van der Waals surface area contributed by atoms with Gasteiger partial charge in [-0.3, -0.25) is 0 Å². The fraction of sp³-hybridized carbons (Fsp3) is 0.647. The fourth-order valence-corrected chi connectivity index (χ4v) is 4.84. The first-order chi connectivity index (χ1) is 19.0. The minimum atomic E-state index is 0. The molecule has 0 unspecified atom stereocenters. The van der Waals surface area contributed by atoms with Crippen molar-refractivity contribution in [3.05, 3.63) is 54.1 Å². The summed E-state index contributed by atoms with van der Waals surface area (Å²) in [6.07, 6.45) is 19.5. The Balaban J connectivity index is 0.00000800. The van der Waals surface area contributed by atoms with Crippen LogP contribution in [0.1, 0.15) is 102 Å². The first kappa shape index (κ1) is 36.3. The maximum absolute atomic E-state index is 9.11. The van der Waals surface area contributed by atoms with Crippen LogP contribution in [0.5, 0.6) is 5.75 Å². The lowest BCUT2D eigenvalue weighted by atomic mass is 10.0. The number of likely N-dealkylation sites (N-methyl/N-ethyl adjacent to an activating group) is 1. The average Bonchev–Trinajstić information content (AvgIpc) is 2.93. The van der Waals surface area contributed by atoms with Gasteiger partial charge in [-0.2, -0.15) is 10.2 Å². The molecule has 6 heteroatoms. The molecule has 1 N–H and O–H groups in total. The zero-order valence-corrected chi connectivity index (χ0v) is 27.2. The van der Waals surface area contributed by atoms with Gasteiger partial charge in [-0.05, 0) is 80.5 Å². The molecule has 226 valence electrons. The van der Waals surface area contributed by atoms with Gasteiger partial charge in [0.15, 0.2) is 0 Å². The average molecular weight is 619 g/mol. The molecule has 0 atom stereocenters. The monoisotopic (exact) mass is 617 g/mol. The number of aliphatic hydroxyl groups excluding tert-OH is 1. The smallest absolute Gasteiger partial charge is 0.119 e. The van der Waals surface area contributed by atoms with Gasteiger partial charge in [-0.25, -0.2) is 0 Å². The van der Waals surface area contributed by atoms with E-state index in [0.717, 1.165) is 54.1 Å². The van der Waals surface area contributed by atoms with Gasteiger partial charge >= 0.3 is 0 Å². The summed E-state index contributed by atoms with van der Waals surface area (Å²) in [4.78, 5) is 0. The number of benzene rings is 2. The molecule has 0 aliphatic rings. The Morgan fingerprint density at radius 1 is 0.625 bits per heavy atom. The number of hydrogen-bond donors (Lipinski definition) is 1. The highest BCUT2D eigenvalue weighted by molar-refractivity contribution is 5.43. The van der Waals surface area contributed by atoms with Crippen LogP contribution in [0.2, 0.25) is 0 Å². The molecule has 0 heterocycles. The van der Waals surface area contributed by atoms with Gasteiger partial charge in [0, 0.05) is 0 Å². The van der Waals surface area contributed by atoms with E-state index in [1.54, 1.807) is 0 Å². The van der Waals surface area contributed by atoms with Crippen LogP contribution in [0.25, 0.3) is 0 Å². The molecule has 0 aromatic heterocycles. The van der Waals surface area contributed by atoms with Crippen molar-refractivity contribution in [2.24, 2.45) is 10.2 Å². The largest absolute Gasteiger partial charge is 1.00 e. The highest BCUT2D eigenvalue weighted by Gasteiger charge is 2.12. The maximum Gasteiger partial charge on any atom is 0.119 e. The molecule has 40 heavy (non-hydrogen) atoms. The Hall–Kier alpha value is -1.76. The molecule has 0 fully saturated rings. The zero-order chi connectivity index (χ0) is 28.0. The van der Waals surface area contributed by atoms with Gasteiger partial charge in [-0.1, -0.05) is 76.8 Å². The van der Waals surface area contributed by atoms with E-state index >= 15 is 0 Å². The van der Waals surface area contributed by atoms with E-state index in [1.807, 2.05) is 24.3 Å². The van der Waals surface area contributed by atoms with E-state index < -0.39 is 0 Å². The molecule has 2 aromatic rings. The lowest BCUT2D eigenvalue weighted by Crippen LogP contribution is -3.00. The molecule has 0 amide bonds. The van der Waals surface area contributed by atoms with Crippen LogP contribution in [0, 0.1) is 0 Å². The molecular formula is C34H56BrN3O2. The predicted molar refractivity (Wildman–Crippen MR) is 165 cm³/mol. The van der Waals surface area contributed by atoms with Crippen LogP contribution in [-0.2, 0) is 6.42 Å². The summed E-state index contributed by atoms with van der Waals surface area (Å²) >= 11 is 0. The second kappa shape index (κ2) is 22.9. The number of halogens is 1. The third kappa shape index (κ3) is 17.8. The summed E-state index contributed by atoms with van der Waals surface area (Å²) in [5.74, 6) is 0.881. The number of hydrogen-bond acceptors (Lipinski definition) is 4. The zero-order valence-electron chi connectivity index (χ0n) is 25.6. The molecule has 0 bridgehead atoms. The molecular weight excluding hydrogens is 562 g/mol. The number of azo groups is 1. The summed E-state index contributed by atoms with van der Waals surface area (Å²) in [5, 5.41) is 17.9. The van der Waals surface area contributed by atoms with E-state index in [-0.39, 0.29) is 23.6 Å². The summed E-state index contributed by atoms with van der Waals surface area (Å²) < 4.78 is 6.78. The Morgan fingerprint density at radius 2 is 1.12 bits per heavy atom. The third-order valence-corrected chi connectivity index (χ3v) is 7.50. The summed E-state index contributed by atoms with van der Waals surface area (Å²) in [6.45, 7) is 5.21. The van der Waals surface area contributed by atoms with Gasteiger partial charge in [-0.15, -0.1) is 0 Å². The molecule has 0 spiro atoms. The van der Waals surface area contributed by atoms with E-state index in [4.69, 9.17) is 9.84 Å². The van der Waals surface area contributed by atoms with Gasteiger partial charge in [0.05, 0.1) is 45.2 Å². The van der Waals surface area contributed by atoms with Crippen molar-refractivity contribution in [3.8, 4) is 5.75 Å². The molecule has 0 saturated heterocycles. The standard InChI is InChI=1S/C34H56N3O2.BrH/c1-4-5-6-7-8-9-10-11-12-15-18-31-19-21-32(22-20-31)35-36-33-23-25-34(26-24-33)39-30-17-14-13-16-27-37(2,3)28-29-38;/h19-26,38H,4-18,27-30H2,1-3H3;1H/q+1;/p-1/b36-35+;. The first-order valence-corrected chi connectivity index (χ1v) is 15.7. The second-order valence-corrected chi connectivity index (χ2v) is 11.7. The van der Waals surface area contributed by atoms with Crippen molar-refractivity contribution in [1.29, 1.82) is 0 Å². The van der Waals surface area contributed by atoms with Crippen molar-refractivity contribution in [3.63, 3.8) is 0 Å². The van der Waals surface area contributed by atoms with E-state index in [0.29, 0.717) is 0 Å². The molecule has 0 radical (unpaired) electrons. The molecule has 0 saturated carbocycles. The SMILES string of the molecule is CCCCCCCCCCCCc1ccc(/N=N/c2ccc(OCCCCCC[N+](C)(C)CCO)cc2)cc1.[Br-]. The van der Waals surface area contributed by atoms with Crippen molar-refractivity contribution in [2.45, 2.75) is 103 Å². The fourth-order valence-electron chi connectivity index (χ4n) is 4.84. The molecule has 5 nitrogen and oxygen atoms in total. The minimum absolute atomic E-state index is 0. The summed E-state index contributed by atoms with van der Waals surface area (Å²) in [5.41, 5.74) is 3.11. The van der Waals surface area contributed by atoms with Gasteiger partial charge in [0.25, 0.3) is 0 Å². The Morgan fingerprint density at radius 3 is 1.70 bits per heavy atom. The van der Waals surface area contributed by atoms with Gasteiger partial charge in [0.2, 0.25) is 0 Å². The number of unbranched alkanes of at least 4 members (excludes halogenated alkanes) is 12. The maximum atomic E-state index is 9.11. The van der Waals surface area contributed by atoms with Crippen LogP contribution in [-0.4, -0.2) is 50.0 Å². The van der Waals surface area contributed by atoms with Gasteiger partial charge in [0.1, 0.15) is 12.3 Å². The molecule has 2 aromatic carbocycles. The first-order valence-electron chi connectivity index (χ1n) is 15.7. The van der Waals surface area contributed by atoms with Crippen molar-refractivity contribution in [2.75, 3.05) is 40.4 Å². The lowest BCUT2D eigenvalue weighted by molar-refractivity contribution is -0.890. The molecule has 0 aliphatic carbocycles. The quantitative estimate of drug-likeness (QED) is 0.0870. The third-order valence-electron chi connectivity index (χ3n) is 7.50. The molecule has 2 rings (SSSR count). The Labute approximate surface area is 255 Å². The van der Waals surface area contributed by atoms with Crippen LogP contribution in [0.4, 0.5) is 11.4 Å². The highest BCUT2D eigenvalue weighted by atomic mass is 79.9. The van der Waals surface area contributed by atoms with Crippen molar-refractivity contribution < 1.29 is 31.3 Å². The number of aryl methyl sites for hydroxylation is 1. The van der Waals surface area contributed by atoms with Gasteiger partial charge < -0.3 is 31.3 Å². The summed E-state index contributed by atoms with van der Waals surface area (Å²) in [6, 6.07) is 16.4. The minimum Gasteiger partial charge on any atom is -1.00 e. The number of nitrogens with zero attached hydrogens (tertiary/aromatic N) is 3. The van der Waals surface area contributed by atoms with Crippen LogP contribution >= 0.6 is 0 Å². The van der Waals surface area contributed by atoms with Crippen LogP contribution < -0.4 is 21.7 Å². The van der Waals surface area contributed by atoms with Crippen molar-refractivity contribution >= 4 is 11.4 Å².